The van der Waals surface area contributed by atoms with Gasteiger partial charge in [0.2, 0.25) is 0 Å². The van der Waals surface area contributed by atoms with Crippen LogP contribution in [0.5, 0.6) is 0 Å². The summed E-state index contributed by atoms with van der Waals surface area (Å²) in [6, 6.07) is 6.74. The van der Waals surface area contributed by atoms with Gasteiger partial charge in [-0.2, -0.15) is 0 Å². The fourth-order valence-electron chi connectivity index (χ4n) is 2.09. The van der Waals surface area contributed by atoms with Crippen molar-refractivity contribution in [2.24, 2.45) is 0 Å². The van der Waals surface area contributed by atoms with Crippen LogP contribution in [-0.4, -0.2) is 6.54 Å². The Morgan fingerprint density at radius 2 is 2.20 bits per heavy atom. The molecule has 0 saturated carbocycles. The predicted octanol–water partition coefficient (Wildman–Crippen LogP) is 5.59. The molecule has 0 bridgehead atoms. The zero-order valence-electron chi connectivity index (χ0n) is 11.1. The molecule has 1 unspecified atom stereocenters. The third-order valence-corrected chi connectivity index (χ3v) is 5.35. The molecule has 2 rings (SSSR count). The van der Waals surface area contributed by atoms with Crippen molar-refractivity contribution in [1.29, 1.82) is 0 Å². The van der Waals surface area contributed by atoms with E-state index < -0.39 is 0 Å². The van der Waals surface area contributed by atoms with Crippen molar-refractivity contribution in [2.45, 2.75) is 25.8 Å². The van der Waals surface area contributed by atoms with E-state index in [1.54, 1.807) is 23.5 Å². The van der Waals surface area contributed by atoms with Crippen molar-refractivity contribution in [3.05, 3.63) is 55.4 Å². The molecule has 0 spiro atoms. The molecule has 1 aromatic carbocycles. The average Bonchev–Trinajstić information content (AvgIpc) is 2.81. The van der Waals surface area contributed by atoms with E-state index >= 15 is 0 Å². The van der Waals surface area contributed by atoms with Crippen LogP contribution in [0.25, 0.3) is 0 Å². The minimum absolute atomic E-state index is 0.112. The van der Waals surface area contributed by atoms with Crippen molar-refractivity contribution >= 4 is 38.9 Å². The lowest BCUT2D eigenvalue weighted by Crippen LogP contribution is -2.25. The van der Waals surface area contributed by atoms with Gasteiger partial charge in [-0.25, -0.2) is 4.39 Å². The molecule has 0 aliphatic rings. The Kier molecular flexibility index (Phi) is 6.02. The van der Waals surface area contributed by atoms with Gasteiger partial charge in [0.25, 0.3) is 0 Å². The van der Waals surface area contributed by atoms with E-state index in [4.69, 9.17) is 11.6 Å². The summed E-state index contributed by atoms with van der Waals surface area (Å²) >= 11 is 11.4. The minimum atomic E-state index is -0.251. The highest BCUT2D eigenvalue weighted by molar-refractivity contribution is 9.10. The number of benzene rings is 1. The van der Waals surface area contributed by atoms with Crippen LogP contribution in [-0.2, 0) is 6.42 Å². The van der Waals surface area contributed by atoms with Crippen molar-refractivity contribution < 1.29 is 4.39 Å². The SMILES string of the molecule is CCCNC(Cc1sccc1Br)c1c(F)cccc1Cl. The highest BCUT2D eigenvalue weighted by Crippen LogP contribution is 2.32. The molecular weight excluding hydrogens is 361 g/mol. The molecule has 2 aromatic rings. The van der Waals surface area contributed by atoms with Gasteiger partial charge in [0.05, 0.1) is 0 Å². The van der Waals surface area contributed by atoms with E-state index in [0.29, 0.717) is 10.6 Å². The molecule has 108 valence electrons. The van der Waals surface area contributed by atoms with Crippen molar-refractivity contribution in [3.8, 4) is 0 Å². The van der Waals surface area contributed by atoms with Gasteiger partial charge in [-0.1, -0.05) is 24.6 Å². The topological polar surface area (TPSA) is 12.0 Å². The second kappa shape index (κ2) is 7.55. The number of hydrogen-bond donors (Lipinski definition) is 1. The van der Waals surface area contributed by atoms with Crippen LogP contribution in [0.4, 0.5) is 4.39 Å². The van der Waals surface area contributed by atoms with E-state index in [0.717, 1.165) is 23.9 Å². The van der Waals surface area contributed by atoms with Gasteiger partial charge in [-0.05, 0) is 52.5 Å². The highest BCUT2D eigenvalue weighted by Gasteiger charge is 2.20. The molecule has 0 fully saturated rings. The van der Waals surface area contributed by atoms with Crippen LogP contribution in [0.2, 0.25) is 5.02 Å². The summed E-state index contributed by atoms with van der Waals surface area (Å²) in [4.78, 5) is 1.19. The number of rotatable bonds is 6. The monoisotopic (exact) mass is 375 g/mol. The molecule has 0 radical (unpaired) electrons. The molecule has 0 aliphatic heterocycles. The molecule has 1 nitrogen and oxygen atoms in total. The highest BCUT2D eigenvalue weighted by atomic mass is 79.9. The third kappa shape index (κ3) is 3.82. The second-order valence-electron chi connectivity index (χ2n) is 4.54. The normalized spacial score (nSPS) is 12.6. The summed E-state index contributed by atoms with van der Waals surface area (Å²) < 4.78 is 15.2. The molecule has 5 heteroatoms. The van der Waals surface area contributed by atoms with Gasteiger partial charge in [0.15, 0.2) is 0 Å². The molecule has 20 heavy (non-hydrogen) atoms. The fraction of sp³-hybridized carbons (Fsp3) is 0.333. The predicted molar refractivity (Wildman–Crippen MR) is 88.2 cm³/mol. The Morgan fingerprint density at radius 3 is 2.80 bits per heavy atom. The van der Waals surface area contributed by atoms with Gasteiger partial charge >= 0.3 is 0 Å². The van der Waals surface area contributed by atoms with E-state index in [1.165, 1.54) is 10.9 Å². The first-order valence-electron chi connectivity index (χ1n) is 6.52. The lowest BCUT2D eigenvalue weighted by Gasteiger charge is -2.20. The summed E-state index contributed by atoms with van der Waals surface area (Å²) in [7, 11) is 0. The molecule has 1 aromatic heterocycles. The molecule has 0 amide bonds. The molecule has 0 saturated heterocycles. The smallest absolute Gasteiger partial charge is 0.129 e. The maximum Gasteiger partial charge on any atom is 0.129 e. The number of thiophene rings is 1. The summed E-state index contributed by atoms with van der Waals surface area (Å²) in [6.07, 6.45) is 1.72. The zero-order chi connectivity index (χ0) is 14.5. The van der Waals surface area contributed by atoms with Crippen molar-refractivity contribution in [3.63, 3.8) is 0 Å². The van der Waals surface area contributed by atoms with Crippen molar-refractivity contribution in [2.75, 3.05) is 6.54 Å². The Morgan fingerprint density at radius 1 is 1.40 bits per heavy atom. The Labute approximate surface area is 136 Å². The van der Waals surface area contributed by atoms with E-state index in [-0.39, 0.29) is 11.9 Å². The van der Waals surface area contributed by atoms with E-state index in [1.807, 2.05) is 11.4 Å². The average molecular weight is 377 g/mol. The Bertz CT molecular complexity index is 553. The van der Waals surface area contributed by atoms with Crippen LogP contribution in [0, 0.1) is 5.82 Å². The molecule has 1 atom stereocenters. The summed E-state index contributed by atoms with van der Waals surface area (Å²) in [5.74, 6) is -0.251. The molecule has 1 N–H and O–H groups in total. The van der Waals surface area contributed by atoms with Crippen LogP contribution in [0.15, 0.2) is 34.1 Å². The molecule has 1 heterocycles. The Hall–Kier alpha value is -0.420. The fourth-order valence-corrected chi connectivity index (χ4v) is 3.95. The van der Waals surface area contributed by atoms with E-state index in [2.05, 4.69) is 28.2 Å². The van der Waals surface area contributed by atoms with Gasteiger partial charge in [0.1, 0.15) is 5.82 Å². The number of hydrogen-bond acceptors (Lipinski definition) is 2. The van der Waals surface area contributed by atoms with Crippen LogP contribution in [0.1, 0.15) is 29.8 Å². The van der Waals surface area contributed by atoms with Crippen LogP contribution >= 0.6 is 38.9 Å². The summed E-state index contributed by atoms with van der Waals surface area (Å²) in [5.41, 5.74) is 0.558. The number of halogens is 3. The molecule has 0 aliphatic carbocycles. The summed E-state index contributed by atoms with van der Waals surface area (Å²) in [5, 5.41) is 5.90. The summed E-state index contributed by atoms with van der Waals surface area (Å²) in [6.45, 7) is 2.92. The van der Waals surface area contributed by atoms with Crippen LogP contribution in [0.3, 0.4) is 0 Å². The quantitative estimate of drug-likeness (QED) is 0.693. The maximum atomic E-state index is 14.1. The minimum Gasteiger partial charge on any atom is -0.309 e. The largest absolute Gasteiger partial charge is 0.309 e. The zero-order valence-corrected chi connectivity index (χ0v) is 14.3. The standard InChI is InChI=1S/C15H16BrClFNS/c1-2-7-19-13(9-14-10(16)6-8-20-14)15-11(17)4-3-5-12(15)18/h3-6,8,13,19H,2,7,9H2,1H3. The van der Waals surface area contributed by atoms with Gasteiger partial charge in [-0.15, -0.1) is 11.3 Å². The second-order valence-corrected chi connectivity index (χ2v) is 6.80. The van der Waals surface area contributed by atoms with Crippen molar-refractivity contribution in [1.82, 2.24) is 5.32 Å². The van der Waals surface area contributed by atoms with Gasteiger partial charge in [-0.3, -0.25) is 0 Å². The lowest BCUT2D eigenvalue weighted by molar-refractivity contribution is 0.499. The Balaban J connectivity index is 2.30. The first kappa shape index (κ1) is 16.0. The third-order valence-electron chi connectivity index (χ3n) is 3.07. The maximum absolute atomic E-state index is 14.1. The van der Waals surface area contributed by atoms with E-state index in [9.17, 15) is 4.39 Å². The van der Waals surface area contributed by atoms with Gasteiger partial charge in [0, 0.05) is 32.4 Å². The van der Waals surface area contributed by atoms with Crippen LogP contribution < -0.4 is 5.32 Å². The first-order valence-corrected chi connectivity index (χ1v) is 8.57. The molecular formula is C15H16BrClFNS. The first-order chi connectivity index (χ1) is 9.63. The number of nitrogens with one attached hydrogen (secondary N) is 1. The van der Waals surface area contributed by atoms with Gasteiger partial charge < -0.3 is 5.32 Å². The lowest BCUT2D eigenvalue weighted by atomic mass is 10.0.